The van der Waals surface area contributed by atoms with Crippen LogP contribution in [0.2, 0.25) is 78.6 Å². The third-order valence-corrected chi connectivity index (χ3v) is 33.2. The standard InChI is InChI=1S/C30H30N2OS2Si2.C29H29BrN2S2Si2/c1-36(2,3)24-16-22-26-27(23-17-25(37(4,5)6)35-29(23)28(22)34-24)32(21-10-8-7-9-11-21)30(31-26)20-14-12-19(18-33)13-15-20;1-35(2,3)23-16-21-25-26(22-17-24(36(4,5)6)34-28(22)27(21)33-23)32(20-10-8-7-9-11-20)29(31-25)18-12-14-19(30)15-13-18/h7-18H,1-6H3;7-17H,1-6H3. The number of halogens is 1. The third-order valence-electron chi connectivity index (χ3n) is 13.5. The lowest BCUT2D eigenvalue weighted by Gasteiger charge is -2.12. The SMILES string of the molecule is C[Si](C)(C)c1cc2c3nc(-c4ccc(Br)cc4)n(-c4ccccc4)c3c3cc([Si](C)(C)C)sc3c2s1.C[Si](C)(C)c1cc2c3nc(-c4ccc(C=O)cc4)n(-c4ccccc4)c3c3cc([Si](C)(C)C)sc3c2s1. The molecule has 12 aromatic rings. The summed E-state index contributed by atoms with van der Waals surface area (Å²) in [5.74, 6) is 1.91. The van der Waals surface area contributed by atoms with Gasteiger partial charge in [0.2, 0.25) is 0 Å². The molecule has 0 spiro atoms. The van der Waals surface area contributed by atoms with Crippen LogP contribution < -0.4 is 18.0 Å². The zero-order valence-corrected chi connectivity index (χ0v) is 52.3. The van der Waals surface area contributed by atoms with E-state index in [4.69, 9.17) is 9.97 Å². The monoisotopic (exact) mass is 1160 g/mol. The Balaban J connectivity index is 0.000000157. The number of imidazole rings is 2. The first kappa shape index (κ1) is 50.3. The fraction of sp³-hybridized carbons (Fsp3) is 0.203. The molecule has 6 aromatic heterocycles. The van der Waals surface area contributed by atoms with Gasteiger partial charge in [0.05, 0.1) is 73.2 Å². The van der Waals surface area contributed by atoms with Crippen molar-refractivity contribution in [2.45, 2.75) is 78.6 Å². The third kappa shape index (κ3) is 9.07. The molecule has 0 radical (unpaired) electrons. The van der Waals surface area contributed by atoms with Gasteiger partial charge in [0.25, 0.3) is 0 Å². The number of hydrogen-bond acceptors (Lipinski definition) is 7. The highest BCUT2D eigenvalue weighted by molar-refractivity contribution is 9.10. The van der Waals surface area contributed by atoms with Crippen LogP contribution in [0, 0.1) is 0 Å². The van der Waals surface area contributed by atoms with Crippen LogP contribution in [0.5, 0.6) is 0 Å². The van der Waals surface area contributed by atoms with E-state index in [2.05, 4.69) is 213 Å². The zero-order valence-electron chi connectivity index (χ0n) is 43.5. The van der Waals surface area contributed by atoms with Crippen molar-refractivity contribution in [3.8, 4) is 34.2 Å². The topological polar surface area (TPSA) is 52.7 Å². The van der Waals surface area contributed by atoms with Crippen LogP contribution in [-0.2, 0) is 0 Å². The van der Waals surface area contributed by atoms with Gasteiger partial charge < -0.3 is 0 Å². The van der Waals surface area contributed by atoms with Crippen molar-refractivity contribution in [3.05, 3.63) is 143 Å². The lowest BCUT2D eigenvalue weighted by atomic mass is 10.1. The molecule has 0 bridgehead atoms. The van der Waals surface area contributed by atoms with Gasteiger partial charge in [0, 0.05) is 54.1 Å². The van der Waals surface area contributed by atoms with Crippen LogP contribution in [0.4, 0.5) is 0 Å². The predicted molar refractivity (Wildman–Crippen MR) is 340 cm³/mol. The van der Waals surface area contributed by atoms with Crippen LogP contribution in [0.1, 0.15) is 10.4 Å². The molecule has 0 saturated carbocycles. The van der Waals surface area contributed by atoms with E-state index in [9.17, 15) is 4.79 Å². The van der Waals surface area contributed by atoms with E-state index in [1.165, 1.54) is 60.4 Å². The lowest BCUT2D eigenvalue weighted by Crippen LogP contribution is -2.34. The number of rotatable bonds is 9. The molecule has 0 unspecified atom stereocenters. The second kappa shape index (κ2) is 18.4. The maximum absolute atomic E-state index is 11.3. The minimum atomic E-state index is -1.52. The molecule has 0 aliphatic carbocycles. The number of nitrogens with zero attached hydrogens (tertiary/aromatic N) is 4. The quantitative estimate of drug-likeness (QED) is 0.107. The van der Waals surface area contributed by atoms with E-state index in [1.54, 1.807) is 9.00 Å². The molecule has 12 rings (SSSR count). The van der Waals surface area contributed by atoms with Crippen molar-refractivity contribution in [3.63, 3.8) is 0 Å². The number of hydrogen-bond donors (Lipinski definition) is 0. The van der Waals surface area contributed by atoms with Crippen molar-refractivity contribution in [1.29, 1.82) is 0 Å². The summed E-state index contributed by atoms with van der Waals surface area (Å²) in [6, 6.07) is 47.5. The molecular weight excluding hydrogens is 1100 g/mol. The number of carbonyl (C=O) groups excluding carboxylic acids is 1. The Morgan fingerprint density at radius 2 is 0.740 bits per heavy atom. The van der Waals surface area contributed by atoms with Gasteiger partial charge in [-0.25, -0.2) is 9.97 Å². The van der Waals surface area contributed by atoms with Crippen LogP contribution in [0.15, 0.2) is 138 Å². The summed E-state index contributed by atoms with van der Waals surface area (Å²) in [5, 5.41) is 5.25. The number of benzene rings is 6. The number of fused-ring (bicyclic) bond motifs is 12. The summed E-state index contributed by atoms with van der Waals surface area (Å²) in [5.41, 5.74) is 9.68. The number of thiophene rings is 4. The molecular formula is C59H59BrN4OS4Si4. The minimum absolute atomic E-state index is 0.672. The largest absolute Gasteiger partial charge is 0.298 e. The summed E-state index contributed by atoms with van der Waals surface area (Å²) in [7, 11) is -5.97. The van der Waals surface area contributed by atoms with E-state index < -0.39 is 32.3 Å². The summed E-state index contributed by atoms with van der Waals surface area (Å²) >= 11 is 11.6. The Morgan fingerprint density at radius 3 is 1.07 bits per heavy atom. The Bertz CT molecular complexity index is 4080. The highest BCUT2D eigenvalue weighted by Crippen LogP contribution is 2.45. The number of para-hydroxylation sites is 2. The molecule has 0 N–H and O–H groups in total. The molecule has 73 heavy (non-hydrogen) atoms. The Morgan fingerprint density at radius 1 is 0.425 bits per heavy atom. The summed E-state index contributed by atoms with van der Waals surface area (Å²) in [6.45, 7) is 29.3. The van der Waals surface area contributed by atoms with Gasteiger partial charge in [0.1, 0.15) is 17.9 Å². The van der Waals surface area contributed by atoms with E-state index in [1.807, 2.05) is 69.6 Å². The molecule has 0 saturated heterocycles. The van der Waals surface area contributed by atoms with Gasteiger partial charge in [-0.3, -0.25) is 13.9 Å². The molecule has 6 aromatic carbocycles. The first-order valence-electron chi connectivity index (χ1n) is 24.9. The zero-order chi connectivity index (χ0) is 51.5. The van der Waals surface area contributed by atoms with Crippen LogP contribution in [0.3, 0.4) is 0 Å². The Kier molecular flexibility index (Phi) is 12.7. The normalized spacial score (nSPS) is 12.8. The maximum atomic E-state index is 11.3. The second-order valence-electron chi connectivity index (χ2n) is 23.3. The number of aldehydes is 1. The highest BCUT2D eigenvalue weighted by atomic mass is 79.9. The minimum Gasteiger partial charge on any atom is -0.298 e. The summed E-state index contributed by atoms with van der Waals surface area (Å²) in [6.07, 6.45) is 0.892. The molecule has 5 nitrogen and oxygen atoms in total. The molecule has 0 aliphatic rings. The average molecular weight is 1160 g/mol. The first-order valence-corrected chi connectivity index (χ1v) is 42.9. The average Bonchev–Trinajstić information content (AvgIpc) is 4.20. The molecule has 0 amide bonds. The first-order chi connectivity index (χ1) is 34.6. The van der Waals surface area contributed by atoms with E-state index in [0.717, 1.165) is 55.9 Å². The van der Waals surface area contributed by atoms with Gasteiger partial charge in [-0.05, 0) is 78.7 Å². The van der Waals surface area contributed by atoms with Gasteiger partial charge >= 0.3 is 0 Å². The summed E-state index contributed by atoms with van der Waals surface area (Å²) in [4.78, 5) is 22.1. The van der Waals surface area contributed by atoms with Gasteiger partial charge in [-0.2, -0.15) is 0 Å². The second-order valence-corrected chi connectivity index (χ2v) is 50.0. The molecule has 14 heteroatoms. The Hall–Kier alpha value is -4.88. The van der Waals surface area contributed by atoms with E-state index in [-0.39, 0.29) is 0 Å². The molecule has 6 heterocycles. The molecule has 368 valence electrons. The van der Waals surface area contributed by atoms with Gasteiger partial charge in [-0.1, -0.05) is 167 Å². The summed E-state index contributed by atoms with van der Waals surface area (Å²) < 4.78 is 17.6. The molecule has 0 atom stereocenters. The predicted octanol–water partition coefficient (Wildman–Crippen LogP) is 17.0. The number of carbonyl (C=O) groups is 1. The van der Waals surface area contributed by atoms with Crippen molar-refractivity contribution >= 4 is 180 Å². The van der Waals surface area contributed by atoms with Crippen LogP contribution >= 0.6 is 61.3 Å². The highest BCUT2D eigenvalue weighted by Gasteiger charge is 2.31. The fourth-order valence-electron chi connectivity index (χ4n) is 9.49. The van der Waals surface area contributed by atoms with Crippen molar-refractivity contribution < 1.29 is 4.79 Å². The lowest BCUT2D eigenvalue weighted by molar-refractivity contribution is 0.112. The van der Waals surface area contributed by atoms with Crippen LogP contribution in [0.25, 0.3) is 96.6 Å². The molecule has 0 fully saturated rings. The van der Waals surface area contributed by atoms with Crippen molar-refractivity contribution in [1.82, 2.24) is 19.1 Å². The van der Waals surface area contributed by atoms with Gasteiger partial charge in [-0.15, -0.1) is 45.3 Å². The van der Waals surface area contributed by atoms with E-state index >= 15 is 0 Å². The maximum Gasteiger partial charge on any atom is 0.150 e. The Labute approximate surface area is 456 Å². The van der Waals surface area contributed by atoms with Crippen LogP contribution in [-0.4, -0.2) is 57.7 Å². The van der Waals surface area contributed by atoms with Crippen molar-refractivity contribution in [2.75, 3.05) is 0 Å². The van der Waals surface area contributed by atoms with Gasteiger partial charge in [0.15, 0.2) is 0 Å². The van der Waals surface area contributed by atoms with E-state index in [0.29, 0.717) is 5.56 Å². The fourth-order valence-corrected chi connectivity index (χ4v) is 22.1. The molecule has 0 aliphatic heterocycles. The number of aromatic nitrogens is 4. The smallest absolute Gasteiger partial charge is 0.150 e. The van der Waals surface area contributed by atoms with Crippen molar-refractivity contribution in [2.24, 2.45) is 0 Å².